The average Bonchev–Trinajstić information content (AvgIpc) is 2.33. The second kappa shape index (κ2) is 5.63. The van der Waals surface area contributed by atoms with E-state index in [1.54, 1.807) is 0 Å². The van der Waals surface area contributed by atoms with E-state index < -0.39 is 0 Å². The Morgan fingerprint density at radius 2 is 2.06 bits per heavy atom. The van der Waals surface area contributed by atoms with Crippen LogP contribution in [0.5, 0.6) is 0 Å². The Morgan fingerprint density at radius 1 is 1.35 bits per heavy atom. The third kappa shape index (κ3) is 3.06. The number of hydrogen-bond donors (Lipinski definition) is 2. The SMILES string of the molecule is CCOC1CC(CO)(NCc2ccccc2)C1. The summed E-state index contributed by atoms with van der Waals surface area (Å²) in [4.78, 5) is 0. The highest BCUT2D eigenvalue weighted by molar-refractivity contribution is 5.15. The summed E-state index contributed by atoms with van der Waals surface area (Å²) in [6.45, 7) is 3.75. The molecule has 0 unspecified atom stereocenters. The van der Waals surface area contributed by atoms with Gasteiger partial charge < -0.3 is 15.2 Å². The Hall–Kier alpha value is -0.900. The lowest BCUT2D eigenvalue weighted by molar-refractivity contribution is -0.0698. The molecule has 0 heterocycles. The van der Waals surface area contributed by atoms with Crippen LogP contribution in [0.2, 0.25) is 0 Å². The molecule has 0 amide bonds. The van der Waals surface area contributed by atoms with Crippen LogP contribution in [-0.4, -0.2) is 30.0 Å². The highest BCUT2D eigenvalue weighted by Gasteiger charge is 2.43. The van der Waals surface area contributed by atoms with Crippen molar-refractivity contribution < 1.29 is 9.84 Å². The summed E-state index contributed by atoms with van der Waals surface area (Å²) < 4.78 is 5.54. The minimum Gasteiger partial charge on any atom is -0.394 e. The largest absolute Gasteiger partial charge is 0.394 e. The smallest absolute Gasteiger partial charge is 0.0615 e. The van der Waals surface area contributed by atoms with Crippen molar-refractivity contribution in [3.63, 3.8) is 0 Å². The van der Waals surface area contributed by atoms with Gasteiger partial charge in [0.05, 0.1) is 12.7 Å². The molecule has 0 aliphatic heterocycles. The molecule has 1 aliphatic carbocycles. The maximum atomic E-state index is 9.48. The van der Waals surface area contributed by atoms with E-state index in [9.17, 15) is 5.11 Å². The number of aliphatic hydroxyl groups is 1. The summed E-state index contributed by atoms with van der Waals surface area (Å²) in [5.41, 5.74) is 1.12. The Balaban J connectivity index is 1.82. The van der Waals surface area contributed by atoms with Crippen LogP contribution < -0.4 is 5.32 Å². The van der Waals surface area contributed by atoms with Crippen LogP contribution in [0.4, 0.5) is 0 Å². The first kappa shape index (κ1) is 12.6. The van der Waals surface area contributed by atoms with Crippen molar-refractivity contribution >= 4 is 0 Å². The van der Waals surface area contributed by atoms with Gasteiger partial charge in [-0.3, -0.25) is 0 Å². The summed E-state index contributed by atoms with van der Waals surface area (Å²) in [6, 6.07) is 10.3. The number of aliphatic hydroxyl groups excluding tert-OH is 1. The van der Waals surface area contributed by atoms with Crippen LogP contribution in [0.1, 0.15) is 25.3 Å². The van der Waals surface area contributed by atoms with E-state index in [1.165, 1.54) is 5.56 Å². The first-order valence-corrected chi connectivity index (χ1v) is 6.29. The van der Waals surface area contributed by atoms with Gasteiger partial charge in [-0.1, -0.05) is 30.3 Å². The van der Waals surface area contributed by atoms with Gasteiger partial charge in [-0.25, -0.2) is 0 Å². The van der Waals surface area contributed by atoms with E-state index in [0.717, 1.165) is 26.0 Å². The third-order valence-electron chi connectivity index (χ3n) is 3.45. The maximum absolute atomic E-state index is 9.48. The molecular formula is C14H21NO2. The van der Waals surface area contributed by atoms with Gasteiger partial charge in [0.2, 0.25) is 0 Å². The average molecular weight is 235 g/mol. The topological polar surface area (TPSA) is 41.5 Å². The van der Waals surface area contributed by atoms with Crippen molar-refractivity contribution in [2.45, 2.75) is 38.0 Å². The van der Waals surface area contributed by atoms with Gasteiger partial charge in [0.25, 0.3) is 0 Å². The molecule has 1 aliphatic rings. The molecule has 1 aromatic carbocycles. The van der Waals surface area contributed by atoms with Gasteiger partial charge in [-0.05, 0) is 25.3 Å². The van der Waals surface area contributed by atoms with Crippen molar-refractivity contribution in [3.8, 4) is 0 Å². The summed E-state index contributed by atoms with van der Waals surface area (Å²) in [7, 11) is 0. The number of ether oxygens (including phenoxy) is 1. The second-order valence-electron chi connectivity index (χ2n) is 4.76. The Bertz CT molecular complexity index is 333. The fourth-order valence-electron chi connectivity index (χ4n) is 2.38. The number of benzene rings is 1. The Kier molecular flexibility index (Phi) is 4.15. The molecule has 1 saturated carbocycles. The van der Waals surface area contributed by atoms with Crippen molar-refractivity contribution in [3.05, 3.63) is 35.9 Å². The molecule has 0 saturated heterocycles. The molecule has 3 nitrogen and oxygen atoms in total. The molecule has 1 aromatic rings. The van der Waals surface area contributed by atoms with Gasteiger partial charge in [0.1, 0.15) is 0 Å². The maximum Gasteiger partial charge on any atom is 0.0615 e. The van der Waals surface area contributed by atoms with Gasteiger partial charge >= 0.3 is 0 Å². The Labute approximate surface area is 103 Å². The van der Waals surface area contributed by atoms with E-state index in [-0.39, 0.29) is 12.1 Å². The van der Waals surface area contributed by atoms with Crippen LogP contribution in [0, 0.1) is 0 Å². The fourth-order valence-corrected chi connectivity index (χ4v) is 2.38. The zero-order chi connectivity index (χ0) is 12.1. The zero-order valence-corrected chi connectivity index (χ0v) is 10.4. The third-order valence-corrected chi connectivity index (χ3v) is 3.45. The first-order valence-electron chi connectivity index (χ1n) is 6.29. The minimum absolute atomic E-state index is 0.129. The van der Waals surface area contributed by atoms with E-state index >= 15 is 0 Å². The van der Waals surface area contributed by atoms with E-state index in [4.69, 9.17) is 4.74 Å². The number of rotatable bonds is 6. The van der Waals surface area contributed by atoms with Gasteiger partial charge in [-0.15, -0.1) is 0 Å². The molecule has 0 aromatic heterocycles. The molecule has 3 heteroatoms. The second-order valence-corrected chi connectivity index (χ2v) is 4.76. The minimum atomic E-state index is -0.129. The lowest BCUT2D eigenvalue weighted by Gasteiger charge is -2.47. The quantitative estimate of drug-likeness (QED) is 0.788. The molecule has 0 atom stereocenters. The predicted octanol–water partition coefficient (Wildman–Crippen LogP) is 1.71. The van der Waals surface area contributed by atoms with Gasteiger partial charge in [0.15, 0.2) is 0 Å². The molecule has 2 rings (SSSR count). The lowest BCUT2D eigenvalue weighted by Crippen LogP contribution is -2.60. The number of hydrogen-bond acceptors (Lipinski definition) is 3. The molecular weight excluding hydrogens is 214 g/mol. The normalized spacial score (nSPS) is 27.8. The standard InChI is InChI=1S/C14H21NO2/c1-2-17-13-8-14(9-13,11-16)15-10-12-6-4-3-5-7-12/h3-7,13,15-16H,2,8-11H2,1H3. The van der Waals surface area contributed by atoms with Gasteiger partial charge in [0, 0.05) is 18.7 Å². The number of nitrogens with one attached hydrogen (secondary N) is 1. The first-order chi connectivity index (χ1) is 8.28. The molecule has 0 bridgehead atoms. The van der Waals surface area contributed by atoms with E-state index in [2.05, 4.69) is 17.4 Å². The summed E-state index contributed by atoms with van der Waals surface area (Å²) in [5.74, 6) is 0. The highest BCUT2D eigenvalue weighted by Crippen LogP contribution is 2.34. The van der Waals surface area contributed by atoms with Crippen LogP contribution in [0.15, 0.2) is 30.3 Å². The monoisotopic (exact) mass is 235 g/mol. The van der Waals surface area contributed by atoms with E-state index in [1.807, 2.05) is 25.1 Å². The fraction of sp³-hybridized carbons (Fsp3) is 0.571. The molecule has 17 heavy (non-hydrogen) atoms. The molecule has 94 valence electrons. The molecule has 1 fully saturated rings. The van der Waals surface area contributed by atoms with Gasteiger partial charge in [-0.2, -0.15) is 0 Å². The van der Waals surface area contributed by atoms with Crippen molar-refractivity contribution in [1.29, 1.82) is 0 Å². The zero-order valence-electron chi connectivity index (χ0n) is 10.4. The van der Waals surface area contributed by atoms with E-state index in [0.29, 0.717) is 6.10 Å². The van der Waals surface area contributed by atoms with Crippen LogP contribution in [0.3, 0.4) is 0 Å². The summed E-state index contributed by atoms with van der Waals surface area (Å²) in [6.07, 6.45) is 2.13. The lowest BCUT2D eigenvalue weighted by atomic mass is 9.74. The van der Waals surface area contributed by atoms with Crippen LogP contribution in [-0.2, 0) is 11.3 Å². The molecule has 0 spiro atoms. The van der Waals surface area contributed by atoms with Crippen molar-refractivity contribution in [2.75, 3.05) is 13.2 Å². The molecule has 2 N–H and O–H groups in total. The summed E-state index contributed by atoms with van der Waals surface area (Å²) in [5, 5.41) is 12.9. The van der Waals surface area contributed by atoms with Crippen LogP contribution >= 0.6 is 0 Å². The van der Waals surface area contributed by atoms with Crippen molar-refractivity contribution in [2.24, 2.45) is 0 Å². The predicted molar refractivity (Wildman–Crippen MR) is 67.7 cm³/mol. The summed E-state index contributed by atoms with van der Waals surface area (Å²) >= 11 is 0. The van der Waals surface area contributed by atoms with Crippen molar-refractivity contribution in [1.82, 2.24) is 5.32 Å². The molecule has 0 radical (unpaired) electrons. The Morgan fingerprint density at radius 3 is 2.65 bits per heavy atom. The van der Waals surface area contributed by atoms with Crippen LogP contribution in [0.25, 0.3) is 0 Å². The highest BCUT2D eigenvalue weighted by atomic mass is 16.5.